The molecule has 4 atom stereocenters. The fourth-order valence-electron chi connectivity index (χ4n) is 6.03. The number of aromatic amines is 1. The number of hydrogen-bond donors (Lipinski definition) is 2. The molecule has 0 unspecified atom stereocenters. The molecule has 4 aliphatic rings. The largest absolute Gasteiger partial charge is 0.361 e. The van der Waals surface area contributed by atoms with E-state index in [4.69, 9.17) is 4.74 Å². The second kappa shape index (κ2) is 6.71. The molecule has 4 heterocycles. The smallest absolute Gasteiger partial charge is 0.230 e. The van der Waals surface area contributed by atoms with Crippen molar-refractivity contribution >= 4 is 22.7 Å². The highest BCUT2D eigenvalue weighted by molar-refractivity contribution is 5.93. The molecule has 2 bridgehead atoms. The Bertz CT molecular complexity index is 1040. The van der Waals surface area contributed by atoms with Crippen LogP contribution in [0.15, 0.2) is 42.6 Å². The van der Waals surface area contributed by atoms with Gasteiger partial charge in [0.25, 0.3) is 0 Å². The van der Waals surface area contributed by atoms with Crippen LogP contribution in [0.3, 0.4) is 0 Å². The number of ether oxygens (including phenoxy) is 1. The zero-order valence-corrected chi connectivity index (χ0v) is 17.0. The summed E-state index contributed by atoms with van der Waals surface area (Å²) in [5.41, 5.74) is 1.70. The summed E-state index contributed by atoms with van der Waals surface area (Å²) < 4.78 is 6.25. The number of amides is 2. The van der Waals surface area contributed by atoms with E-state index in [1.807, 2.05) is 35.4 Å². The molecule has 1 saturated carbocycles. The highest BCUT2D eigenvalue weighted by Gasteiger charge is 2.66. The first-order chi connectivity index (χ1) is 14.6. The third-order valence-electron chi connectivity index (χ3n) is 7.51. The molecule has 1 spiro atoms. The fourth-order valence-corrected chi connectivity index (χ4v) is 6.03. The molecule has 2 saturated heterocycles. The molecule has 2 N–H and O–H groups in total. The van der Waals surface area contributed by atoms with Crippen molar-refractivity contribution < 1.29 is 14.3 Å². The maximum absolute atomic E-state index is 13.4. The minimum Gasteiger partial charge on any atom is -0.361 e. The number of carbonyl (C=O) groups is 2. The van der Waals surface area contributed by atoms with E-state index in [0.29, 0.717) is 13.1 Å². The first-order valence-electron chi connectivity index (χ1n) is 11.2. The van der Waals surface area contributed by atoms with Crippen LogP contribution in [-0.2, 0) is 20.7 Å². The Morgan fingerprint density at radius 2 is 2.10 bits per heavy atom. The Hall–Kier alpha value is -2.60. The van der Waals surface area contributed by atoms with Gasteiger partial charge in [-0.1, -0.05) is 43.2 Å². The summed E-state index contributed by atoms with van der Waals surface area (Å²) in [6, 6.07) is 8.48. The summed E-state index contributed by atoms with van der Waals surface area (Å²) in [4.78, 5) is 31.6. The van der Waals surface area contributed by atoms with Gasteiger partial charge in [0.1, 0.15) is 5.60 Å². The molecule has 6 heteroatoms. The quantitative estimate of drug-likeness (QED) is 0.751. The van der Waals surface area contributed by atoms with E-state index in [2.05, 4.69) is 22.4 Å². The fraction of sp³-hybridized carbons (Fsp3) is 0.500. The van der Waals surface area contributed by atoms with E-state index in [1.54, 1.807) is 0 Å². The molecule has 1 aromatic carbocycles. The third kappa shape index (κ3) is 2.66. The second-order valence-corrected chi connectivity index (χ2v) is 9.26. The Labute approximate surface area is 175 Å². The first kappa shape index (κ1) is 18.2. The molecular weight excluding hydrogens is 378 g/mol. The van der Waals surface area contributed by atoms with Crippen LogP contribution in [0, 0.1) is 11.8 Å². The van der Waals surface area contributed by atoms with Crippen molar-refractivity contribution in [1.29, 1.82) is 0 Å². The van der Waals surface area contributed by atoms with Crippen LogP contribution in [0.25, 0.3) is 10.9 Å². The number of nitrogens with zero attached hydrogens (tertiary/aromatic N) is 1. The van der Waals surface area contributed by atoms with Crippen LogP contribution in [0.4, 0.5) is 0 Å². The summed E-state index contributed by atoms with van der Waals surface area (Å²) in [6.07, 6.45) is 11.0. The SMILES string of the molecule is O=C(NC1CCCC1)[C@@H]1[C@H]2C(=O)N(CCc3c[nH]c4ccccc34)C[C@@]23C=C[C@H]1O3. The topological polar surface area (TPSA) is 74.4 Å². The van der Waals surface area contributed by atoms with Crippen molar-refractivity contribution in [1.82, 2.24) is 15.2 Å². The number of aromatic nitrogens is 1. The predicted molar refractivity (Wildman–Crippen MR) is 113 cm³/mol. The van der Waals surface area contributed by atoms with E-state index in [-0.39, 0.29) is 24.0 Å². The lowest BCUT2D eigenvalue weighted by Crippen LogP contribution is -2.46. The molecule has 6 nitrogen and oxygen atoms in total. The number of fused-ring (bicyclic) bond motifs is 2. The number of hydrogen-bond acceptors (Lipinski definition) is 3. The normalized spacial score (nSPS) is 32.5. The number of para-hydroxylation sites is 1. The van der Waals surface area contributed by atoms with Gasteiger partial charge in [0.15, 0.2) is 0 Å². The molecular formula is C24H27N3O3. The molecule has 156 valence electrons. The Morgan fingerprint density at radius 3 is 2.97 bits per heavy atom. The Kier molecular flexibility index (Phi) is 4.07. The van der Waals surface area contributed by atoms with Gasteiger partial charge < -0.3 is 19.9 Å². The number of rotatable bonds is 5. The van der Waals surface area contributed by atoms with Crippen molar-refractivity contribution in [3.05, 3.63) is 48.2 Å². The van der Waals surface area contributed by atoms with Gasteiger partial charge in [-0.3, -0.25) is 9.59 Å². The van der Waals surface area contributed by atoms with Gasteiger partial charge in [0.05, 0.1) is 24.5 Å². The van der Waals surface area contributed by atoms with Gasteiger partial charge in [-0.2, -0.15) is 0 Å². The monoisotopic (exact) mass is 405 g/mol. The number of benzene rings is 1. The van der Waals surface area contributed by atoms with Gasteiger partial charge in [0.2, 0.25) is 11.8 Å². The number of nitrogens with one attached hydrogen (secondary N) is 2. The summed E-state index contributed by atoms with van der Waals surface area (Å²) in [5.74, 6) is -0.735. The van der Waals surface area contributed by atoms with Gasteiger partial charge in [0, 0.05) is 29.7 Å². The van der Waals surface area contributed by atoms with Crippen LogP contribution in [-0.4, -0.2) is 52.5 Å². The van der Waals surface area contributed by atoms with E-state index in [0.717, 1.165) is 24.8 Å². The lowest BCUT2D eigenvalue weighted by atomic mass is 9.76. The zero-order valence-electron chi connectivity index (χ0n) is 17.0. The Morgan fingerprint density at radius 1 is 1.27 bits per heavy atom. The molecule has 3 fully saturated rings. The van der Waals surface area contributed by atoms with Crippen LogP contribution in [0.5, 0.6) is 0 Å². The van der Waals surface area contributed by atoms with Gasteiger partial charge in [-0.05, 0) is 30.9 Å². The number of likely N-dealkylation sites (tertiary alicyclic amines) is 1. The first-order valence-corrected chi connectivity index (χ1v) is 11.2. The highest BCUT2D eigenvalue weighted by atomic mass is 16.5. The van der Waals surface area contributed by atoms with Crippen LogP contribution in [0.2, 0.25) is 0 Å². The van der Waals surface area contributed by atoms with Crippen molar-refractivity contribution in [2.45, 2.75) is 49.9 Å². The minimum absolute atomic E-state index is 0.00467. The van der Waals surface area contributed by atoms with Crippen molar-refractivity contribution in [2.24, 2.45) is 11.8 Å². The summed E-state index contributed by atoms with van der Waals surface area (Å²) >= 11 is 0. The average molecular weight is 405 g/mol. The average Bonchev–Trinajstić information content (AvgIpc) is 3.55. The van der Waals surface area contributed by atoms with Crippen molar-refractivity contribution in [2.75, 3.05) is 13.1 Å². The molecule has 30 heavy (non-hydrogen) atoms. The molecule has 1 aliphatic carbocycles. The van der Waals surface area contributed by atoms with E-state index < -0.39 is 17.4 Å². The highest BCUT2D eigenvalue weighted by Crippen LogP contribution is 2.52. The van der Waals surface area contributed by atoms with E-state index in [1.165, 1.54) is 23.8 Å². The van der Waals surface area contributed by atoms with Gasteiger partial charge in [-0.15, -0.1) is 0 Å². The summed E-state index contributed by atoms with van der Waals surface area (Å²) in [6.45, 7) is 1.18. The molecule has 1 aromatic heterocycles. The lowest BCUT2D eigenvalue weighted by molar-refractivity contribution is -0.137. The van der Waals surface area contributed by atoms with Crippen molar-refractivity contribution in [3.63, 3.8) is 0 Å². The predicted octanol–water partition coefficient (Wildman–Crippen LogP) is 2.55. The van der Waals surface area contributed by atoms with Crippen molar-refractivity contribution in [3.8, 4) is 0 Å². The Balaban J connectivity index is 1.19. The molecule has 2 amide bonds. The maximum Gasteiger partial charge on any atom is 0.230 e. The minimum atomic E-state index is -0.625. The lowest BCUT2D eigenvalue weighted by Gasteiger charge is -2.25. The molecule has 2 aromatic rings. The summed E-state index contributed by atoms with van der Waals surface area (Å²) in [5, 5.41) is 4.40. The zero-order chi connectivity index (χ0) is 20.3. The molecule has 0 radical (unpaired) electrons. The van der Waals surface area contributed by atoms with Crippen LogP contribution < -0.4 is 5.32 Å². The van der Waals surface area contributed by atoms with Gasteiger partial charge in [-0.25, -0.2) is 0 Å². The second-order valence-electron chi connectivity index (χ2n) is 9.26. The van der Waals surface area contributed by atoms with E-state index in [9.17, 15) is 9.59 Å². The van der Waals surface area contributed by atoms with Crippen LogP contribution >= 0.6 is 0 Å². The van der Waals surface area contributed by atoms with E-state index >= 15 is 0 Å². The molecule has 6 rings (SSSR count). The number of carbonyl (C=O) groups excluding carboxylic acids is 2. The third-order valence-corrected chi connectivity index (χ3v) is 7.51. The summed E-state index contributed by atoms with van der Waals surface area (Å²) in [7, 11) is 0. The maximum atomic E-state index is 13.4. The standard InChI is InChI=1S/C24H27N3O3/c28-22(26-16-5-1-2-6-16)20-19-9-11-24(30-19)14-27(23(29)21(20)24)12-10-15-13-25-18-8-4-3-7-17(15)18/h3-4,7-9,11,13,16,19-21,25H,1-2,5-6,10,12,14H2,(H,26,28)/t19-,20+,21+,24+/m1/s1. The molecule has 3 aliphatic heterocycles. The number of H-pyrrole nitrogens is 1. The van der Waals surface area contributed by atoms with Crippen LogP contribution in [0.1, 0.15) is 31.2 Å². The van der Waals surface area contributed by atoms with Gasteiger partial charge >= 0.3 is 0 Å².